The molecule has 3 N–H and O–H groups in total. The number of amides is 1. The highest BCUT2D eigenvalue weighted by Gasteiger charge is 2.09. The molecule has 1 aliphatic carbocycles. The van der Waals surface area contributed by atoms with E-state index in [-0.39, 0.29) is 11.9 Å². The Morgan fingerprint density at radius 2 is 2.31 bits per heavy atom. The minimum absolute atomic E-state index is 0.0814. The molecular weight excluding hydrogens is 208 g/mol. The summed E-state index contributed by atoms with van der Waals surface area (Å²) in [6, 6.07) is -0.0814. The Morgan fingerprint density at radius 1 is 1.56 bits per heavy atom. The van der Waals surface area contributed by atoms with Crippen LogP contribution in [-0.2, 0) is 14.3 Å². The average Bonchev–Trinajstić information content (AvgIpc) is 2.29. The van der Waals surface area contributed by atoms with Gasteiger partial charge in [-0.2, -0.15) is 0 Å². The molecular formula is C11H14N2O3. The van der Waals surface area contributed by atoms with Gasteiger partial charge in [-0.25, -0.2) is 4.79 Å². The second-order valence-electron chi connectivity index (χ2n) is 3.27. The van der Waals surface area contributed by atoms with Crippen molar-refractivity contribution in [1.29, 1.82) is 0 Å². The molecule has 5 nitrogen and oxygen atoms in total. The predicted molar refractivity (Wildman–Crippen MR) is 59.1 cm³/mol. The van der Waals surface area contributed by atoms with Crippen LogP contribution in [0.5, 0.6) is 0 Å². The number of carbonyl (C=O) groups excluding carboxylic acids is 2. The van der Waals surface area contributed by atoms with Crippen molar-refractivity contribution >= 4 is 11.9 Å². The zero-order valence-corrected chi connectivity index (χ0v) is 8.97. The maximum Gasteiger partial charge on any atom is 0.330 e. The van der Waals surface area contributed by atoms with Crippen LogP contribution in [0.2, 0.25) is 0 Å². The van der Waals surface area contributed by atoms with Gasteiger partial charge in [0.1, 0.15) is 0 Å². The highest BCUT2D eigenvalue weighted by Crippen LogP contribution is 2.05. The summed E-state index contributed by atoms with van der Waals surface area (Å²) in [7, 11) is 1.25. The molecule has 5 heteroatoms. The summed E-state index contributed by atoms with van der Waals surface area (Å²) in [6.45, 7) is 0. The molecule has 0 fully saturated rings. The molecule has 0 aromatic carbocycles. The fourth-order valence-corrected chi connectivity index (χ4v) is 1.19. The van der Waals surface area contributed by atoms with Crippen molar-refractivity contribution in [2.45, 2.75) is 12.5 Å². The second kappa shape index (κ2) is 5.75. The average molecular weight is 222 g/mol. The molecule has 0 bridgehead atoms. The van der Waals surface area contributed by atoms with Crippen LogP contribution >= 0.6 is 0 Å². The Morgan fingerprint density at radius 3 is 2.88 bits per heavy atom. The van der Waals surface area contributed by atoms with Crippen LogP contribution in [0, 0.1) is 0 Å². The van der Waals surface area contributed by atoms with Gasteiger partial charge in [-0.1, -0.05) is 12.2 Å². The molecule has 0 saturated carbocycles. The fourth-order valence-electron chi connectivity index (χ4n) is 1.19. The summed E-state index contributed by atoms with van der Waals surface area (Å²) in [5.74, 6) is -0.896. The molecule has 1 rings (SSSR count). The number of hydrogen-bond donors (Lipinski definition) is 2. The van der Waals surface area contributed by atoms with Gasteiger partial charge in [0.05, 0.1) is 13.2 Å². The normalized spacial score (nSPS) is 19.3. The van der Waals surface area contributed by atoms with Gasteiger partial charge in [0.15, 0.2) is 0 Å². The fraction of sp³-hybridized carbons (Fsp3) is 0.273. The minimum Gasteiger partial charge on any atom is -0.466 e. The van der Waals surface area contributed by atoms with E-state index in [1.165, 1.54) is 7.11 Å². The lowest BCUT2D eigenvalue weighted by Crippen LogP contribution is -2.33. The molecule has 1 amide bonds. The number of nitrogens with one attached hydrogen (secondary N) is 1. The van der Waals surface area contributed by atoms with E-state index >= 15 is 0 Å². The van der Waals surface area contributed by atoms with Crippen molar-refractivity contribution in [3.05, 3.63) is 36.1 Å². The van der Waals surface area contributed by atoms with Gasteiger partial charge in [0.25, 0.3) is 0 Å². The summed E-state index contributed by atoms with van der Waals surface area (Å²) in [6.07, 6.45) is 8.24. The smallest absolute Gasteiger partial charge is 0.330 e. The number of hydrogen-bond acceptors (Lipinski definition) is 4. The lowest BCUT2D eigenvalue weighted by atomic mass is 10.1. The molecule has 0 aliphatic heterocycles. The van der Waals surface area contributed by atoms with Gasteiger partial charge in [-0.15, -0.1) is 0 Å². The van der Waals surface area contributed by atoms with E-state index in [0.717, 1.165) is 12.2 Å². The highest BCUT2D eigenvalue weighted by molar-refractivity contribution is 5.94. The molecule has 1 atom stereocenters. The van der Waals surface area contributed by atoms with Crippen LogP contribution in [0.4, 0.5) is 0 Å². The molecule has 16 heavy (non-hydrogen) atoms. The Labute approximate surface area is 93.6 Å². The number of methoxy groups -OCH3 is 1. The van der Waals surface area contributed by atoms with E-state index in [0.29, 0.717) is 12.1 Å². The summed E-state index contributed by atoms with van der Waals surface area (Å²) in [5, 5.41) is 2.70. The molecule has 0 spiro atoms. The first-order chi connectivity index (χ1) is 7.61. The first-order valence-corrected chi connectivity index (χ1v) is 4.82. The first-order valence-electron chi connectivity index (χ1n) is 4.82. The quantitative estimate of drug-likeness (QED) is 0.520. The van der Waals surface area contributed by atoms with Gasteiger partial charge >= 0.3 is 5.97 Å². The molecule has 0 aromatic heterocycles. The lowest BCUT2D eigenvalue weighted by molar-refractivity contribution is -0.135. The Hall–Kier alpha value is -2.04. The number of allylic oxidation sites excluding steroid dienone is 1. The molecule has 0 radical (unpaired) electrons. The minimum atomic E-state index is -0.557. The summed E-state index contributed by atoms with van der Waals surface area (Å²) in [4.78, 5) is 22.0. The summed E-state index contributed by atoms with van der Waals surface area (Å²) < 4.78 is 4.36. The van der Waals surface area contributed by atoms with Crippen molar-refractivity contribution in [3.63, 3.8) is 0 Å². The van der Waals surface area contributed by atoms with Crippen LogP contribution in [0.3, 0.4) is 0 Å². The molecule has 0 saturated heterocycles. The van der Waals surface area contributed by atoms with E-state index in [4.69, 9.17) is 5.73 Å². The predicted octanol–water partition coefficient (Wildman–Crippen LogP) is 0.00290. The molecule has 1 unspecified atom stereocenters. The van der Waals surface area contributed by atoms with Crippen LogP contribution in [-0.4, -0.2) is 25.0 Å². The number of nitrogens with two attached hydrogens (primary N) is 1. The largest absolute Gasteiger partial charge is 0.466 e. The van der Waals surface area contributed by atoms with Gasteiger partial charge in [-0.05, 0) is 12.5 Å². The second-order valence-corrected chi connectivity index (χ2v) is 3.27. The zero-order valence-electron chi connectivity index (χ0n) is 8.97. The number of esters is 1. The third-order valence-corrected chi connectivity index (χ3v) is 2.03. The van der Waals surface area contributed by atoms with E-state index in [1.54, 1.807) is 12.2 Å². The summed E-state index contributed by atoms with van der Waals surface area (Å²) in [5.41, 5.74) is 6.22. The van der Waals surface area contributed by atoms with Crippen molar-refractivity contribution in [2.24, 2.45) is 5.73 Å². The Kier molecular flexibility index (Phi) is 4.32. The van der Waals surface area contributed by atoms with Gasteiger partial charge in [0.2, 0.25) is 5.91 Å². The Bertz CT molecular complexity index is 369. The molecule has 0 heterocycles. The standard InChI is InChI=1S/C11H14N2O3/c1-16-11(15)7-6-10(14)13-9-4-2-8(12)3-5-9/h2-4,6-7,9H,5,12H2,1H3,(H,13,14)/b7-6-. The van der Waals surface area contributed by atoms with E-state index in [9.17, 15) is 9.59 Å². The van der Waals surface area contributed by atoms with E-state index in [2.05, 4.69) is 10.1 Å². The Balaban J connectivity index is 2.39. The van der Waals surface area contributed by atoms with E-state index in [1.807, 2.05) is 6.08 Å². The zero-order chi connectivity index (χ0) is 12.0. The van der Waals surface area contributed by atoms with Crippen LogP contribution in [0.15, 0.2) is 36.1 Å². The topological polar surface area (TPSA) is 81.4 Å². The summed E-state index contributed by atoms with van der Waals surface area (Å²) >= 11 is 0. The molecule has 0 aromatic rings. The van der Waals surface area contributed by atoms with Gasteiger partial charge < -0.3 is 15.8 Å². The number of ether oxygens (including phenoxy) is 1. The monoisotopic (exact) mass is 222 g/mol. The van der Waals surface area contributed by atoms with Crippen LogP contribution in [0.25, 0.3) is 0 Å². The maximum atomic E-state index is 11.3. The third-order valence-electron chi connectivity index (χ3n) is 2.03. The van der Waals surface area contributed by atoms with Crippen LogP contribution < -0.4 is 11.1 Å². The SMILES string of the molecule is COC(=O)/C=C\C(=O)NC1C=CC(N)=CC1. The van der Waals surface area contributed by atoms with Crippen molar-refractivity contribution in [1.82, 2.24) is 5.32 Å². The van der Waals surface area contributed by atoms with Crippen molar-refractivity contribution in [2.75, 3.05) is 7.11 Å². The third kappa shape index (κ3) is 4.00. The van der Waals surface area contributed by atoms with Crippen molar-refractivity contribution in [3.8, 4) is 0 Å². The maximum absolute atomic E-state index is 11.3. The number of rotatable bonds is 3. The lowest BCUT2D eigenvalue weighted by Gasteiger charge is -2.15. The van der Waals surface area contributed by atoms with Crippen molar-refractivity contribution < 1.29 is 14.3 Å². The highest BCUT2D eigenvalue weighted by atomic mass is 16.5. The molecule has 1 aliphatic rings. The van der Waals surface area contributed by atoms with E-state index < -0.39 is 5.97 Å². The van der Waals surface area contributed by atoms with Crippen LogP contribution in [0.1, 0.15) is 6.42 Å². The first kappa shape index (κ1) is 12.0. The van der Waals surface area contributed by atoms with Gasteiger partial charge in [-0.3, -0.25) is 4.79 Å². The molecule has 86 valence electrons. The van der Waals surface area contributed by atoms with Gasteiger partial charge in [0, 0.05) is 17.8 Å². The number of carbonyl (C=O) groups is 2.